The van der Waals surface area contributed by atoms with Gasteiger partial charge in [-0.15, -0.1) is 10.2 Å². The largest absolute Gasteiger partial charge is 0.338 e. The summed E-state index contributed by atoms with van der Waals surface area (Å²) in [5.74, 6) is -0.461. The number of likely N-dealkylation sites (tertiary alicyclic amines) is 1. The van der Waals surface area contributed by atoms with Gasteiger partial charge in [0.25, 0.3) is 5.91 Å². The molecule has 0 radical (unpaired) electrons. The van der Waals surface area contributed by atoms with Crippen LogP contribution in [-0.4, -0.2) is 60.9 Å². The second kappa shape index (κ2) is 9.05. The van der Waals surface area contributed by atoms with Crippen molar-refractivity contribution in [2.75, 3.05) is 27.2 Å². The predicted octanol–water partition coefficient (Wildman–Crippen LogP) is 3.61. The molecule has 7 nitrogen and oxygen atoms in total. The molecule has 0 spiro atoms. The summed E-state index contributed by atoms with van der Waals surface area (Å²) in [6.07, 6.45) is 1.69. The smallest absolute Gasteiger partial charge is 0.253 e. The van der Waals surface area contributed by atoms with Gasteiger partial charge in [-0.3, -0.25) is 4.79 Å². The van der Waals surface area contributed by atoms with E-state index >= 15 is 0 Å². The lowest BCUT2D eigenvalue weighted by Gasteiger charge is -2.31. The van der Waals surface area contributed by atoms with E-state index in [1.807, 2.05) is 0 Å². The van der Waals surface area contributed by atoms with Gasteiger partial charge in [-0.05, 0) is 49.2 Å². The van der Waals surface area contributed by atoms with E-state index in [2.05, 4.69) is 10.2 Å². The number of benzene rings is 2. The number of nitrogens with zero attached hydrogens (tertiary/aromatic N) is 4. The number of sulfonamides is 1. The second-order valence-electron chi connectivity index (χ2n) is 7.83. The van der Waals surface area contributed by atoms with Crippen LogP contribution in [0.2, 0.25) is 0 Å². The molecule has 32 heavy (non-hydrogen) atoms. The van der Waals surface area contributed by atoms with E-state index in [0.29, 0.717) is 29.2 Å². The Bertz CT molecular complexity index is 1230. The van der Waals surface area contributed by atoms with Gasteiger partial charge >= 0.3 is 0 Å². The Balaban J connectivity index is 1.49. The average Bonchev–Trinajstić information content (AvgIpc) is 3.29. The maximum absolute atomic E-state index is 14.1. The van der Waals surface area contributed by atoms with E-state index in [1.165, 1.54) is 43.6 Å². The van der Waals surface area contributed by atoms with Crippen LogP contribution < -0.4 is 0 Å². The van der Waals surface area contributed by atoms with Crippen LogP contribution in [-0.2, 0) is 10.0 Å². The molecule has 2 heterocycles. The number of hydrogen-bond acceptors (Lipinski definition) is 6. The van der Waals surface area contributed by atoms with Crippen molar-refractivity contribution in [3.05, 3.63) is 64.9 Å². The Morgan fingerprint density at radius 1 is 1.12 bits per heavy atom. The Morgan fingerprint density at radius 2 is 1.84 bits per heavy atom. The SMILES string of the molecule is CN(C)S(=O)(=O)c1ccc(C(=O)N2CCC[C@H](c3nnc(-c4ccccc4F)s3)C2)cc1. The number of carbonyl (C=O) groups excluding carboxylic acids is 1. The van der Waals surface area contributed by atoms with Crippen molar-refractivity contribution in [2.24, 2.45) is 0 Å². The van der Waals surface area contributed by atoms with Crippen molar-refractivity contribution in [2.45, 2.75) is 23.7 Å². The van der Waals surface area contributed by atoms with Crippen LogP contribution in [0.1, 0.15) is 34.1 Å². The van der Waals surface area contributed by atoms with Gasteiger partial charge in [-0.1, -0.05) is 23.5 Å². The Morgan fingerprint density at radius 3 is 2.53 bits per heavy atom. The molecule has 0 unspecified atom stereocenters. The maximum atomic E-state index is 14.1. The molecule has 1 aromatic heterocycles. The highest BCUT2D eigenvalue weighted by atomic mass is 32.2. The van der Waals surface area contributed by atoms with Gasteiger partial charge in [0.2, 0.25) is 10.0 Å². The average molecular weight is 475 g/mol. The fourth-order valence-corrected chi connectivity index (χ4v) is 5.57. The van der Waals surface area contributed by atoms with Gasteiger partial charge in [0.05, 0.1) is 4.90 Å². The summed E-state index contributed by atoms with van der Waals surface area (Å²) in [7, 11) is -0.614. The van der Waals surface area contributed by atoms with Gasteiger partial charge < -0.3 is 4.90 Å². The monoisotopic (exact) mass is 474 g/mol. The molecule has 1 fully saturated rings. The van der Waals surface area contributed by atoms with Crippen molar-refractivity contribution < 1.29 is 17.6 Å². The topological polar surface area (TPSA) is 83.5 Å². The van der Waals surface area contributed by atoms with Crippen LogP contribution in [0.3, 0.4) is 0 Å². The van der Waals surface area contributed by atoms with Crippen LogP contribution >= 0.6 is 11.3 Å². The van der Waals surface area contributed by atoms with E-state index in [1.54, 1.807) is 35.2 Å². The van der Waals surface area contributed by atoms with Crippen molar-refractivity contribution in [1.82, 2.24) is 19.4 Å². The molecule has 168 valence electrons. The van der Waals surface area contributed by atoms with Crippen LogP contribution in [0.25, 0.3) is 10.6 Å². The highest BCUT2D eigenvalue weighted by molar-refractivity contribution is 7.89. The molecule has 1 aliphatic rings. The Kier molecular flexibility index (Phi) is 6.36. The first-order chi connectivity index (χ1) is 15.3. The number of halogens is 1. The van der Waals surface area contributed by atoms with Crippen molar-refractivity contribution in [1.29, 1.82) is 0 Å². The molecule has 0 bridgehead atoms. The standard InChI is InChI=1S/C22H23FN4O3S2/c1-26(2)32(29,30)17-11-9-15(10-12-17)22(28)27-13-5-6-16(14-27)20-24-25-21(31-20)18-7-3-4-8-19(18)23/h3-4,7-12,16H,5-6,13-14H2,1-2H3/t16-/m0/s1. The zero-order valence-corrected chi connectivity index (χ0v) is 19.4. The first-order valence-electron chi connectivity index (χ1n) is 10.2. The number of aromatic nitrogens is 2. The molecule has 10 heteroatoms. The minimum absolute atomic E-state index is 0.0270. The van der Waals surface area contributed by atoms with Crippen LogP contribution in [0.4, 0.5) is 4.39 Å². The highest BCUT2D eigenvalue weighted by Crippen LogP contribution is 2.34. The van der Waals surface area contributed by atoms with Crippen molar-refractivity contribution >= 4 is 27.3 Å². The first kappa shape index (κ1) is 22.5. The molecule has 0 saturated carbocycles. The molecule has 1 saturated heterocycles. The lowest BCUT2D eigenvalue weighted by atomic mass is 9.98. The summed E-state index contributed by atoms with van der Waals surface area (Å²) in [6.45, 7) is 1.11. The van der Waals surface area contributed by atoms with Gasteiger partial charge in [0, 0.05) is 44.2 Å². The van der Waals surface area contributed by atoms with Crippen LogP contribution in [0, 0.1) is 5.82 Å². The zero-order chi connectivity index (χ0) is 22.9. The van der Waals surface area contributed by atoms with E-state index < -0.39 is 10.0 Å². The molecular weight excluding hydrogens is 451 g/mol. The normalized spacial score (nSPS) is 17.0. The molecule has 2 aromatic carbocycles. The maximum Gasteiger partial charge on any atom is 0.253 e. The minimum Gasteiger partial charge on any atom is -0.338 e. The molecule has 4 rings (SSSR count). The molecule has 1 aliphatic heterocycles. The van der Waals surface area contributed by atoms with E-state index in [0.717, 1.165) is 22.2 Å². The molecule has 0 N–H and O–H groups in total. The van der Waals surface area contributed by atoms with Crippen LogP contribution in [0.5, 0.6) is 0 Å². The first-order valence-corrected chi connectivity index (χ1v) is 12.4. The minimum atomic E-state index is -3.54. The number of piperidine rings is 1. The predicted molar refractivity (Wildman–Crippen MR) is 120 cm³/mol. The van der Waals surface area contributed by atoms with Crippen LogP contribution in [0.15, 0.2) is 53.4 Å². The molecule has 1 amide bonds. The zero-order valence-electron chi connectivity index (χ0n) is 17.7. The Labute approximate surface area is 190 Å². The summed E-state index contributed by atoms with van der Waals surface area (Å²) in [5, 5.41) is 9.75. The van der Waals surface area contributed by atoms with Gasteiger partial charge in [-0.2, -0.15) is 0 Å². The number of amides is 1. The third-order valence-corrected chi connectivity index (χ3v) is 8.43. The fraction of sp³-hybridized carbons (Fsp3) is 0.318. The molecule has 1 atom stereocenters. The second-order valence-corrected chi connectivity index (χ2v) is 11.0. The van der Waals surface area contributed by atoms with E-state index in [-0.39, 0.29) is 22.5 Å². The van der Waals surface area contributed by atoms with Gasteiger partial charge in [0.15, 0.2) is 5.01 Å². The summed E-state index contributed by atoms with van der Waals surface area (Å²) >= 11 is 1.35. The molecular formula is C22H23FN4O3S2. The number of rotatable bonds is 5. The van der Waals surface area contributed by atoms with Gasteiger partial charge in [0.1, 0.15) is 10.8 Å². The van der Waals surface area contributed by atoms with E-state index in [9.17, 15) is 17.6 Å². The van der Waals surface area contributed by atoms with E-state index in [4.69, 9.17) is 0 Å². The molecule has 0 aliphatic carbocycles. The lowest BCUT2D eigenvalue weighted by Crippen LogP contribution is -2.39. The third kappa shape index (κ3) is 4.43. The Hall–Kier alpha value is -2.69. The van der Waals surface area contributed by atoms with Gasteiger partial charge in [-0.25, -0.2) is 17.1 Å². The molecule has 3 aromatic rings. The third-order valence-electron chi connectivity index (χ3n) is 5.48. The quantitative estimate of drug-likeness (QED) is 0.564. The lowest BCUT2D eigenvalue weighted by molar-refractivity contribution is 0.0706. The highest BCUT2D eigenvalue weighted by Gasteiger charge is 2.28. The van der Waals surface area contributed by atoms with Crippen molar-refractivity contribution in [3.8, 4) is 10.6 Å². The number of hydrogen-bond donors (Lipinski definition) is 0. The van der Waals surface area contributed by atoms with Crippen molar-refractivity contribution in [3.63, 3.8) is 0 Å². The summed E-state index contributed by atoms with van der Waals surface area (Å²) in [5.41, 5.74) is 0.862. The number of carbonyl (C=O) groups is 1. The summed E-state index contributed by atoms with van der Waals surface area (Å²) in [6, 6.07) is 12.5. The fourth-order valence-electron chi connectivity index (χ4n) is 3.67. The summed E-state index contributed by atoms with van der Waals surface area (Å²) < 4.78 is 39.7. The summed E-state index contributed by atoms with van der Waals surface area (Å²) in [4.78, 5) is 14.9.